The second kappa shape index (κ2) is 9.42. The summed E-state index contributed by atoms with van der Waals surface area (Å²) in [5.41, 5.74) is 8.73. The van der Waals surface area contributed by atoms with Crippen molar-refractivity contribution in [1.82, 2.24) is 25.1 Å². The van der Waals surface area contributed by atoms with Gasteiger partial charge in [-0.15, -0.1) is 12.4 Å². The zero-order chi connectivity index (χ0) is 21.2. The number of anilines is 1. The van der Waals surface area contributed by atoms with E-state index >= 15 is 0 Å². The van der Waals surface area contributed by atoms with Gasteiger partial charge in [-0.1, -0.05) is 6.07 Å². The maximum absolute atomic E-state index is 6.24. The van der Waals surface area contributed by atoms with E-state index in [9.17, 15) is 0 Å². The number of fused-ring (bicyclic) bond motifs is 1. The van der Waals surface area contributed by atoms with Crippen LogP contribution in [0.15, 0.2) is 54.9 Å². The average molecular weight is 453 g/mol. The summed E-state index contributed by atoms with van der Waals surface area (Å²) in [5, 5.41) is 9.14. The number of halogens is 1. The van der Waals surface area contributed by atoms with E-state index in [-0.39, 0.29) is 18.4 Å². The Labute approximate surface area is 192 Å². The van der Waals surface area contributed by atoms with Crippen molar-refractivity contribution in [3.8, 4) is 28.5 Å². The van der Waals surface area contributed by atoms with Gasteiger partial charge in [-0.25, -0.2) is 14.6 Å². The molecule has 3 N–H and O–H groups in total. The molecule has 0 radical (unpaired) electrons. The molecule has 2 aromatic carbocycles. The summed E-state index contributed by atoms with van der Waals surface area (Å²) in [5.74, 6) is 2.62. The predicted octanol–water partition coefficient (Wildman–Crippen LogP) is 4.22. The smallest absolute Gasteiger partial charge is 0.164 e. The third-order valence-electron chi connectivity index (χ3n) is 5.54. The molecular formula is C23H25ClN6O2. The minimum absolute atomic E-state index is 0. The van der Waals surface area contributed by atoms with E-state index in [2.05, 4.69) is 15.3 Å². The highest BCUT2D eigenvalue weighted by molar-refractivity contribution is 5.98. The van der Waals surface area contributed by atoms with Crippen molar-refractivity contribution < 1.29 is 9.47 Å². The number of hydrogen-bond donors (Lipinski definition) is 2. The lowest BCUT2D eigenvalue weighted by Crippen LogP contribution is -2.32. The van der Waals surface area contributed by atoms with Crippen molar-refractivity contribution >= 4 is 29.3 Å². The van der Waals surface area contributed by atoms with Gasteiger partial charge in [-0.3, -0.25) is 0 Å². The molecule has 1 saturated heterocycles. The van der Waals surface area contributed by atoms with Gasteiger partial charge in [0.1, 0.15) is 35.1 Å². The monoisotopic (exact) mass is 452 g/mol. The number of methoxy groups -OCH3 is 1. The van der Waals surface area contributed by atoms with Crippen molar-refractivity contribution in [3.05, 3.63) is 54.9 Å². The van der Waals surface area contributed by atoms with Gasteiger partial charge in [-0.2, -0.15) is 5.10 Å². The van der Waals surface area contributed by atoms with Crippen LogP contribution in [-0.2, 0) is 0 Å². The Morgan fingerprint density at radius 3 is 2.62 bits per heavy atom. The molecule has 1 atom stereocenters. The first-order chi connectivity index (χ1) is 15.2. The molecule has 0 bridgehead atoms. The van der Waals surface area contributed by atoms with Gasteiger partial charge in [0.2, 0.25) is 0 Å². The summed E-state index contributed by atoms with van der Waals surface area (Å²) in [7, 11) is 1.64. The zero-order valence-corrected chi connectivity index (χ0v) is 18.5. The minimum atomic E-state index is 0. The molecule has 0 saturated carbocycles. The van der Waals surface area contributed by atoms with Gasteiger partial charge in [0.15, 0.2) is 5.65 Å². The highest BCUT2D eigenvalue weighted by Gasteiger charge is 2.23. The molecule has 0 spiro atoms. The number of rotatable bonds is 5. The van der Waals surface area contributed by atoms with E-state index < -0.39 is 0 Å². The lowest BCUT2D eigenvalue weighted by atomic mass is 10.1. The summed E-state index contributed by atoms with van der Waals surface area (Å²) >= 11 is 0. The fourth-order valence-corrected chi connectivity index (χ4v) is 3.98. The van der Waals surface area contributed by atoms with Crippen LogP contribution in [0.2, 0.25) is 0 Å². The minimum Gasteiger partial charge on any atom is -0.497 e. The second-order valence-electron chi connectivity index (χ2n) is 7.56. The van der Waals surface area contributed by atoms with Crippen LogP contribution in [0.1, 0.15) is 18.9 Å². The highest BCUT2D eigenvalue weighted by atomic mass is 35.5. The van der Waals surface area contributed by atoms with Crippen LogP contribution in [0.5, 0.6) is 17.2 Å². The summed E-state index contributed by atoms with van der Waals surface area (Å²) in [6, 6.07) is 15.6. The fourth-order valence-electron chi connectivity index (χ4n) is 3.98. The Morgan fingerprint density at radius 2 is 1.88 bits per heavy atom. The predicted molar refractivity (Wildman–Crippen MR) is 127 cm³/mol. The summed E-state index contributed by atoms with van der Waals surface area (Å²) in [4.78, 5) is 8.70. The molecule has 0 aliphatic carbocycles. The summed E-state index contributed by atoms with van der Waals surface area (Å²) in [6.07, 6.45) is 3.67. The van der Waals surface area contributed by atoms with Crippen LogP contribution in [0.3, 0.4) is 0 Å². The lowest BCUT2D eigenvalue weighted by Gasteiger charge is -2.23. The Balaban J connectivity index is 0.00000245. The second-order valence-corrected chi connectivity index (χ2v) is 7.56. The van der Waals surface area contributed by atoms with E-state index in [1.165, 1.54) is 6.33 Å². The Morgan fingerprint density at radius 1 is 1.06 bits per heavy atom. The molecule has 4 aromatic rings. The molecule has 1 aliphatic rings. The first kappa shape index (κ1) is 21.9. The van der Waals surface area contributed by atoms with E-state index in [1.807, 2.05) is 53.2 Å². The number of ether oxygens (including phenoxy) is 2. The van der Waals surface area contributed by atoms with Crippen molar-refractivity contribution in [1.29, 1.82) is 0 Å². The number of nitrogens with zero attached hydrogens (tertiary/aromatic N) is 4. The molecule has 9 heteroatoms. The van der Waals surface area contributed by atoms with Gasteiger partial charge in [-0.05, 0) is 55.8 Å². The van der Waals surface area contributed by atoms with Crippen LogP contribution in [0, 0.1) is 0 Å². The molecule has 5 rings (SSSR count). The maximum Gasteiger partial charge on any atom is 0.164 e. The van der Waals surface area contributed by atoms with E-state index in [0.717, 1.165) is 59.7 Å². The first-order valence-electron chi connectivity index (χ1n) is 10.3. The lowest BCUT2D eigenvalue weighted by molar-refractivity contribution is 0.354. The molecule has 0 amide bonds. The van der Waals surface area contributed by atoms with Crippen LogP contribution in [0.4, 0.5) is 5.82 Å². The van der Waals surface area contributed by atoms with Gasteiger partial charge >= 0.3 is 0 Å². The number of nitrogen functional groups attached to an aromatic ring is 1. The average Bonchev–Trinajstić information content (AvgIpc) is 3.21. The van der Waals surface area contributed by atoms with E-state index in [4.69, 9.17) is 20.3 Å². The zero-order valence-electron chi connectivity index (χ0n) is 17.7. The van der Waals surface area contributed by atoms with E-state index in [1.54, 1.807) is 7.11 Å². The molecule has 8 nitrogen and oxygen atoms in total. The molecule has 1 aliphatic heterocycles. The first-order valence-corrected chi connectivity index (χ1v) is 10.3. The van der Waals surface area contributed by atoms with Crippen LogP contribution in [0.25, 0.3) is 22.3 Å². The maximum atomic E-state index is 6.24. The largest absolute Gasteiger partial charge is 0.497 e. The number of nitrogens with two attached hydrogens (primary N) is 1. The fraction of sp³-hybridized carbons (Fsp3) is 0.261. The number of hydrogen-bond acceptors (Lipinski definition) is 7. The molecule has 32 heavy (non-hydrogen) atoms. The number of nitrogens with one attached hydrogen (secondary N) is 1. The quantitative estimate of drug-likeness (QED) is 0.467. The van der Waals surface area contributed by atoms with Crippen molar-refractivity contribution in [2.45, 2.75) is 18.9 Å². The van der Waals surface area contributed by atoms with Crippen molar-refractivity contribution in [3.63, 3.8) is 0 Å². The van der Waals surface area contributed by atoms with Crippen LogP contribution in [-0.4, -0.2) is 39.9 Å². The molecule has 1 fully saturated rings. The number of aromatic nitrogens is 4. The summed E-state index contributed by atoms with van der Waals surface area (Å²) < 4.78 is 13.2. The van der Waals surface area contributed by atoms with Crippen LogP contribution >= 0.6 is 12.4 Å². The van der Waals surface area contributed by atoms with Crippen molar-refractivity contribution in [2.24, 2.45) is 0 Å². The van der Waals surface area contributed by atoms with Crippen molar-refractivity contribution in [2.75, 3.05) is 25.9 Å². The third kappa shape index (κ3) is 4.19. The molecule has 3 heterocycles. The highest BCUT2D eigenvalue weighted by Crippen LogP contribution is 2.34. The van der Waals surface area contributed by atoms with E-state index in [0.29, 0.717) is 11.6 Å². The standard InChI is InChI=1S/C23H24N6O2.ClH/c1-30-18-5-2-6-19(12-18)31-17-9-7-15(8-10-17)21-20-22(24)26-14-27-23(20)29(28-21)16-4-3-11-25-13-16;/h2,5-10,12,14,16,25H,3-4,11,13H2,1H3,(H2,24,26,27);1H. The Hall–Kier alpha value is -3.36. The normalized spacial score (nSPS) is 15.8. The molecule has 166 valence electrons. The van der Waals surface area contributed by atoms with Crippen LogP contribution < -0.4 is 20.5 Å². The van der Waals surface area contributed by atoms with Gasteiger partial charge in [0.05, 0.1) is 18.5 Å². The molecule has 2 aromatic heterocycles. The summed E-state index contributed by atoms with van der Waals surface area (Å²) in [6.45, 7) is 1.90. The molecule has 1 unspecified atom stereocenters. The topological polar surface area (TPSA) is 100 Å². The molecular weight excluding hydrogens is 428 g/mol. The van der Waals surface area contributed by atoms with Gasteiger partial charge < -0.3 is 20.5 Å². The SMILES string of the molecule is COc1cccc(Oc2ccc(-c3nn(C4CCCNC4)c4ncnc(N)c34)cc2)c1.Cl. The van der Waals surface area contributed by atoms with Gasteiger partial charge in [0, 0.05) is 18.2 Å². The third-order valence-corrected chi connectivity index (χ3v) is 5.54. The number of benzene rings is 2. The Kier molecular flexibility index (Phi) is 6.43. The Bertz CT molecular complexity index is 1210. The van der Waals surface area contributed by atoms with Gasteiger partial charge in [0.25, 0.3) is 0 Å². The number of piperidine rings is 1.